The van der Waals surface area contributed by atoms with Crippen LogP contribution in [0.2, 0.25) is 0 Å². The number of thioether (sulfide) groups is 1. The van der Waals surface area contributed by atoms with E-state index in [1.165, 1.54) is 0 Å². The number of nitrogens with one attached hydrogen (secondary N) is 1. The normalized spacial score (nSPS) is 32.6. The van der Waals surface area contributed by atoms with Crippen molar-refractivity contribution in [2.24, 2.45) is 4.99 Å². The molecule has 2 fully saturated rings. The Morgan fingerprint density at radius 1 is 1.23 bits per heavy atom. The minimum Gasteiger partial charge on any atom is -0.304 e. The van der Waals surface area contributed by atoms with Crippen molar-refractivity contribution < 1.29 is 26.7 Å². The molecule has 3 nitrogen and oxygen atoms in total. The van der Waals surface area contributed by atoms with Crippen molar-refractivity contribution in [1.29, 1.82) is 0 Å². The molecule has 1 saturated carbocycles. The van der Waals surface area contributed by atoms with Gasteiger partial charge in [-0.3, -0.25) is 9.79 Å². The number of amides is 1. The molecule has 126 valence electrons. The van der Waals surface area contributed by atoms with Crippen LogP contribution in [0.3, 0.4) is 0 Å². The average Bonchev–Trinajstić information content (AvgIpc) is 2.62. The van der Waals surface area contributed by atoms with E-state index in [1.54, 1.807) is 0 Å². The molecule has 1 heterocycles. The Labute approximate surface area is 129 Å². The van der Waals surface area contributed by atoms with Gasteiger partial charge in [-0.2, -0.15) is 13.2 Å². The van der Waals surface area contributed by atoms with Crippen LogP contribution in [0.5, 0.6) is 0 Å². The van der Waals surface area contributed by atoms with Crippen molar-refractivity contribution in [2.45, 2.75) is 68.3 Å². The molecule has 9 heteroatoms. The number of nitrogens with zero attached hydrogens (tertiary/aromatic N) is 1. The molecule has 1 unspecified atom stereocenters. The first-order valence-electron chi connectivity index (χ1n) is 7.06. The van der Waals surface area contributed by atoms with Gasteiger partial charge >= 0.3 is 6.18 Å². The first-order chi connectivity index (χ1) is 10.0. The lowest BCUT2D eigenvalue weighted by Crippen LogP contribution is -2.46. The molecule has 1 saturated heterocycles. The lowest BCUT2D eigenvalue weighted by molar-refractivity contribution is -0.166. The minimum atomic E-state index is -4.68. The van der Waals surface area contributed by atoms with Crippen LogP contribution < -0.4 is 5.32 Å². The number of alkyl halides is 5. The van der Waals surface area contributed by atoms with E-state index < -0.39 is 22.8 Å². The second kappa shape index (κ2) is 5.98. The van der Waals surface area contributed by atoms with Gasteiger partial charge in [-0.1, -0.05) is 11.8 Å². The summed E-state index contributed by atoms with van der Waals surface area (Å²) in [5, 5.41) is 2.09. The molecule has 1 atom stereocenters. The molecule has 1 amide bonds. The summed E-state index contributed by atoms with van der Waals surface area (Å²) in [7, 11) is 0. The number of halogens is 5. The van der Waals surface area contributed by atoms with Crippen LogP contribution in [-0.4, -0.2) is 34.0 Å². The summed E-state index contributed by atoms with van der Waals surface area (Å²) < 4.78 is 62.7. The molecular weight excluding hydrogens is 327 g/mol. The van der Waals surface area contributed by atoms with E-state index in [4.69, 9.17) is 0 Å². The highest BCUT2D eigenvalue weighted by Gasteiger charge is 2.61. The second-order valence-corrected chi connectivity index (χ2v) is 7.22. The standard InChI is InChI=1S/C13H17F5N2OS/c1-11(13(16,17)18)9(21)20-10(22-11)19-8-4-2-6-12(14,15)7-3-5-8/h8H,2-7H2,1H3,(H,19,20,21). The highest BCUT2D eigenvalue weighted by molar-refractivity contribution is 8.16. The van der Waals surface area contributed by atoms with Gasteiger partial charge in [-0.05, 0) is 32.6 Å². The van der Waals surface area contributed by atoms with Gasteiger partial charge in [0.05, 0.1) is 6.04 Å². The Kier molecular flexibility index (Phi) is 4.75. The zero-order valence-corrected chi connectivity index (χ0v) is 12.8. The van der Waals surface area contributed by atoms with Crippen LogP contribution in [0.1, 0.15) is 45.4 Å². The second-order valence-electron chi connectivity index (χ2n) is 5.82. The number of aliphatic imine (C=N–C) groups is 1. The number of hydrogen-bond donors (Lipinski definition) is 1. The van der Waals surface area contributed by atoms with Gasteiger partial charge < -0.3 is 5.32 Å². The zero-order chi connectivity index (χ0) is 16.6. The first-order valence-corrected chi connectivity index (χ1v) is 7.88. The number of amidine groups is 1. The summed E-state index contributed by atoms with van der Waals surface area (Å²) in [6.07, 6.45) is -3.83. The van der Waals surface area contributed by atoms with E-state index >= 15 is 0 Å². The van der Waals surface area contributed by atoms with Crippen LogP contribution >= 0.6 is 11.8 Å². The van der Waals surface area contributed by atoms with Crippen molar-refractivity contribution in [3.05, 3.63) is 0 Å². The molecule has 0 radical (unpaired) electrons. The van der Waals surface area contributed by atoms with Crippen LogP contribution in [0.25, 0.3) is 0 Å². The van der Waals surface area contributed by atoms with E-state index in [0.29, 0.717) is 24.6 Å². The van der Waals surface area contributed by atoms with E-state index in [1.807, 2.05) is 0 Å². The third kappa shape index (κ3) is 3.72. The van der Waals surface area contributed by atoms with E-state index in [2.05, 4.69) is 10.3 Å². The van der Waals surface area contributed by atoms with Crippen molar-refractivity contribution >= 4 is 22.8 Å². The Bertz CT molecular complexity index is 468. The topological polar surface area (TPSA) is 41.5 Å². The summed E-state index contributed by atoms with van der Waals surface area (Å²) in [4.78, 5) is 15.7. The fourth-order valence-corrected chi connectivity index (χ4v) is 3.48. The van der Waals surface area contributed by atoms with Crippen LogP contribution in [-0.2, 0) is 4.79 Å². The van der Waals surface area contributed by atoms with Gasteiger partial charge in [0.2, 0.25) is 5.92 Å². The number of rotatable bonds is 1. The third-order valence-electron chi connectivity index (χ3n) is 3.96. The predicted molar refractivity (Wildman–Crippen MR) is 74.1 cm³/mol. The smallest absolute Gasteiger partial charge is 0.304 e. The van der Waals surface area contributed by atoms with E-state index in [9.17, 15) is 26.7 Å². The Balaban J connectivity index is 2.04. The van der Waals surface area contributed by atoms with Crippen molar-refractivity contribution in [3.8, 4) is 0 Å². The molecular formula is C13H17F5N2OS. The summed E-state index contributed by atoms with van der Waals surface area (Å²) >= 11 is 0.350. The van der Waals surface area contributed by atoms with E-state index in [-0.39, 0.29) is 36.9 Å². The molecule has 0 aromatic carbocycles. The molecule has 22 heavy (non-hydrogen) atoms. The van der Waals surface area contributed by atoms with Crippen molar-refractivity contribution in [3.63, 3.8) is 0 Å². The van der Waals surface area contributed by atoms with Gasteiger partial charge in [0.1, 0.15) is 0 Å². The van der Waals surface area contributed by atoms with Gasteiger partial charge in [0.15, 0.2) is 9.91 Å². The fraction of sp³-hybridized carbons (Fsp3) is 0.846. The molecule has 2 aliphatic rings. The lowest BCUT2D eigenvalue weighted by atomic mass is 9.95. The minimum absolute atomic E-state index is 0.0674. The maximum Gasteiger partial charge on any atom is 0.412 e. The SMILES string of the molecule is CC1(C(F)(F)F)SC(=NC2CCCC(F)(F)CCC2)NC1=O. The summed E-state index contributed by atoms with van der Waals surface area (Å²) in [5.74, 6) is -3.80. The van der Waals surface area contributed by atoms with Gasteiger partial charge in [-0.15, -0.1) is 0 Å². The van der Waals surface area contributed by atoms with Crippen LogP contribution in [0.4, 0.5) is 22.0 Å². The van der Waals surface area contributed by atoms with Crippen LogP contribution in [0, 0.1) is 0 Å². The zero-order valence-electron chi connectivity index (χ0n) is 12.0. The molecule has 0 aromatic rings. The van der Waals surface area contributed by atoms with E-state index in [0.717, 1.165) is 6.92 Å². The first kappa shape index (κ1) is 17.5. The maximum absolute atomic E-state index is 13.2. The largest absolute Gasteiger partial charge is 0.412 e. The van der Waals surface area contributed by atoms with Crippen LogP contribution in [0.15, 0.2) is 4.99 Å². The quantitative estimate of drug-likeness (QED) is 0.734. The summed E-state index contributed by atoms with van der Waals surface area (Å²) in [5.41, 5.74) is 0. The molecule has 0 aromatic heterocycles. The Morgan fingerprint density at radius 2 is 1.77 bits per heavy atom. The third-order valence-corrected chi connectivity index (χ3v) is 5.18. The van der Waals surface area contributed by atoms with Gasteiger partial charge in [0, 0.05) is 12.8 Å². The maximum atomic E-state index is 13.2. The van der Waals surface area contributed by atoms with Gasteiger partial charge in [-0.25, -0.2) is 8.78 Å². The molecule has 1 N–H and O–H groups in total. The lowest BCUT2D eigenvalue weighted by Gasteiger charge is -2.23. The monoisotopic (exact) mass is 344 g/mol. The Morgan fingerprint density at radius 3 is 2.23 bits per heavy atom. The average molecular weight is 344 g/mol. The fourth-order valence-electron chi connectivity index (χ4n) is 2.48. The molecule has 0 bridgehead atoms. The van der Waals surface area contributed by atoms with Crippen molar-refractivity contribution in [2.75, 3.05) is 0 Å². The predicted octanol–water partition coefficient (Wildman–Crippen LogP) is 3.88. The van der Waals surface area contributed by atoms with Gasteiger partial charge in [0.25, 0.3) is 5.91 Å². The number of hydrogen-bond acceptors (Lipinski definition) is 3. The van der Waals surface area contributed by atoms with Crippen molar-refractivity contribution in [1.82, 2.24) is 5.32 Å². The number of carbonyl (C=O) groups is 1. The molecule has 1 aliphatic carbocycles. The molecule has 1 aliphatic heterocycles. The highest BCUT2D eigenvalue weighted by atomic mass is 32.2. The number of carbonyl (C=O) groups excluding carboxylic acids is 1. The highest BCUT2D eigenvalue weighted by Crippen LogP contribution is 2.45. The summed E-state index contributed by atoms with van der Waals surface area (Å²) in [6, 6.07) is -0.325. The Hall–Kier alpha value is -0.860. The molecule has 0 spiro atoms. The molecule has 2 rings (SSSR count). The summed E-state index contributed by atoms with van der Waals surface area (Å²) in [6.45, 7) is 0.814.